The van der Waals surface area contributed by atoms with Crippen LogP contribution in [-0.4, -0.2) is 25.7 Å². The van der Waals surface area contributed by atoms with Crippen LogP contribution in [0, 0.1) is 0 Å². The third kappa shape index (κ3) is 5.19. The molecule has 0 aliphatic rings. The molecule has 0 aliphatic heterocycles. The van der Waals surface area contributed by atoms with Gasteiger partial charge in [0.25, 0.3) is 0 Å². The van der Waals surface area contributed by atoms with Gasteiger partial charge in [0.15, 0.2) is 0 Å². The lowest BCUT2D eigenvalue weighted by Crippen LogP contribution is -2.28. The van der Waals surface area contributed by atoms with Crippen molar-refractivity contribution < 1.29 is 14.3 Å². The first-order valence-corrected chi connectivity index (χ1v) is 6.18. The second-order valence-electron chi connectivity index (χ2n) is 4.13. The van der Waals surface area contributed by atoms with Crippen molar-refractivity contribution in [2.24, 2.45) is 0 Å². The van der Waals surface area contributed by atoms with Crippen molar-refractivity contribution in [2.75, 3.05) is 13.7 Å². The first-order valence-electron chi connectivity index (χ1n) is 6.18. The van der Waals surface area contributed by atoms with Crippen LogP contribution in [0.1, 0.15) is 25.8 Å². The molecule has 1 unspecified atom stereocenters. The summed E-state index contributed by atoms with van der Waals surface area (Å²) in [6.45, 7) is 5.07. The first kappa shape index (κ1) is 14.5. The minimum atomic E-state index is -0.159. The van der Waals surface area contributed by atoms with Crippen LogP contribution in [0.5, 0.6) is 5.75 Å². The van der Waals surface area contributed by atoms with Crippen LogP contribution in [0.15, 0.2) is 24.3 Å². The van der Waals surface area contributed by atoms with Crippen LogP contribution in [0.25, 0.3) is 0 Å². The average molecular weight is 251 g/mol. The van der Waals surface area contributed by atoms with Crippen molar-refractivity contribution in [1.82, 2.24) is 5.32 Å². The maximum absolute atomic E-state index is 11.1. The molecule has 18 heavy (non-hydrogen) atoms. The number of carbonyl (C=O) groups is 1. The van der Waals surface area contributed by atoms with E-state index in [-0.39, 0.29) is 12.1 Å². The molecule has 0 saturated carbocycles. The van der Waals surface area contributed by atoms with Crippen molar-refractivity contribution in [3.05, 3.63) is 29.8 Å². The van der Waals surface area contributed by atoms with Gasteiger partial charge in [-0.15, -0.1) is 0 Å². The Morgan fingerprint density at radius 2 is 2.00 bits per heavy atom. The summed E-state index contributed by atoms with van der Waals surface area (Å²) in [5, 5.41) is 3.25. The summed E-state index contributed by atoms with van der Waals surface area (Å²) in [6.07, 6.45) is 0.318. The van der Waals surface area contributed by atoms with Gasteiger partial charge in [0.2, 0.25) is 0 Å². The highest BCUT2D eigenvalue weighted by Gasteiger charge is 2.06. The van der Waals surface area contributed by atoms with Gasteiger partial charge in [0.05, 0.1) is 7.11 Å². The summed E-state index contributed by atoms with van der Waals surface area (Å²) in [7, 11) is 1.65. The van der Waals surface area contributed by atoms with E-state index in [1.807, 2.05) is 31.2 Å². The molecule has 100 valence electrons. The normalized spacial score (nSPS) is 11.9. The number of nitrogens with one attached hydrogen (secondary N) is 1. The minimum Gasteiger partial charge on any atom is -0.497 e. The molecule has 0 aromatic heterocycles. The maximum atomic E-state index is 11.1. The lowest BCUT2D eigenvalue weighted by Gasteiger charge is -2.13. The summed E-state index contributed by atoms with van der Waals surface area (Å²) in [6, 6.07) is 7.87. The molecule has 1 atom stereocenters. The van der Waals surface area contributed by atoms with Gasteiger partial charge in [0, 0.05) is 19.5 Å². The zero-order chi connectivity index (χ0) is 13.4. The molecule has 1 aromatic rings. The highest BCUT2D eigenvalue weighted by Crippen LogP contribution is 2.10. The number of carbonyl (C=O) groups excluding carboxylic acids is 1. The Bertz CT molecular complexity index is 362. The van der Waals surface area contributed by atoms with Gasteiger partial charge in [-0.25, -0.2) is 0 Å². The Labute approximate surface area is 108 Å². The SMILES string of the molecule is CCC(=O)OC(C)CNCc1ccc(OC)cc1. The van der Waals surface area contributed by atoms with Gasteiger partial charge in [-0.1, -0.05) is 19.1 Å². The van der Waals surface area contributed by atoms with Gasteiger partial charge in [-0.05, 0) is 24.6 Å². The highest BCUT2D eigenvalue weighted by atomic mass is 16.5. The Morgan fingerprint density at radius 1 is 1.33 bits per heavy atom. The van der Waals surface area contributed by atoms with Crippen molar-refractivity contribution in [1.29, 1.82) is 0 Å². The molecule has 1 N–H and O–H groups in total. The van der Waals surface area contributed by atoms with Crippen LogP contribution < -0.4 is 10.1 Å². The zero-order valence-electron chi connectivity index (χ0n) is 11.2. The largest absolute Gasteiger partial charge is 0.497 e. The quantitative estimate of drug-likeness (QED) is 0.754. The molecule has 0 heterocycles. The summed E-state index contributed by atoms with van der Waals surface area (Å²) in [5.74, 6) is 0.692. The molecular weight excluding hydrogens is 230 g/mol. The number of esters is 1. The fourth-order valence-corrected chi connectivity index (χ4v) is 1.51. The molecule has 0 spiro atoms. The number of hydrogen-bond acceptors (Lipinski definition) is 4. The van der Waals surface area contributed by atoms with Gasteiger partial charge in [0.1, 0.15) is 11.9 Å². The van der Waals surface area contributed by atoms with Crippen molar-refractivity contribution >= 4 is 5.97 Å². The minimum absolute atomic E-state index is 0.101. The van der Waals surface area contributed by atoms with Gasteiger partial charge in [-0.2, -0.15) is 0 Å². The Balaban J connectivity index is 2.26. The lowest BCUT2D eigenvalue weighted by molar-refractivity contribution is -0.147. The predicted molar refractivity (Wildman–Crippen MR) is 70.5 cm³/mol. The fraction of sp³-hybridized carbons (Fsp3) is 0.500. The van der Waals surface area contributed by atoms with E-state index in [9.17, 15) is 4.79 Å². The Kier molecular flexibility index (Phi) is 6.22. The number of ether oxygens (including phenoxy) is 2. The molecule has 0 fully saturated rings. The van der Waals surface area contributed by atoms with Crippen molar-refractivity contribution in [3.8, 4) is 5.75 Å². The molecule has 4 heteroatoms. The third-order valence-corrected chi connectivity index (χ3v) is 2.54. The first-order chi connectivity index (χ1) is 8.65. The molecule has 1 rings (SSSR count). The van der Waals surface area contributed by atoms with E-state index in [1.165, 1.54) is 5.56 Å². The van der Waals surface area contributed by atoms with E-state index in [4.69, 9.17) is 9.47 Å². The number of benzene rings is 1. The Hall–Kier alpha value is -1.55. The summed E-state index contributed by atoms with van der Waals surface area (Å²) < 4.78 is 10.2. The predicted octanol–water partition coefficient (Wildman–Crippen LogP) is 2.13. The second-order valence-corrected chi connectivity index (χ2v) is 4.13. The van der Waals surface area contributed by atoms with Crippen LogP contribution in [0.3, 0.4) is 0 Å². The number of hydrogen-bond donors (Lipinski definition) is 1. The van der Waals surface area contributed by atoms with Gasteiger partial charge < -0.3 is 14.8 Å². The van der Waals surface area contributed by atoms with Crippen LogP contribution in [-0.2, 0) is 16.1 Å². The number of rotatable bonds is 7. The molecule has 1 aromatic carbocycles. The topological polar surface area (TPSA) is 47.6 Å². The van der Waals surface area contributed by atoms with Crippen LogP contribution in [0.4, 0.5) is 0 Å². The smallest absolute Gasteiger partial charge is 0.305 e. The monoisotopic (exact) mass is 251 g/mol. The van der Waals surface area contributed by atoms with E-state index < -0.39 is 0 Å². The maximum Gasteiger partial charge on any atom is 0.305 e. The van der Waals surface area contributed by atoms with Crippen LogP contribution in [0.2, 0.25) is 0 Å². The fourth-order valence-electron chi connectivity index (χ4n) is 1.51. The number of methoxy groups -OCH3 is 1. The summed E-state index contributed by atoms with van der Waals surface area (Å²) in [5.41, 5.74) is 1.17. The molecule has 0 saturated heterocycles. The van der Waals surface area contributed by atoms with Crippen LogP contribution >= 0.6 is 0 Å². The second kappa shape index (κ2) is 7.71. The van der Waals surface area contributed by atoms with E-state index in [1.54, 1.807) is 14.0 Å². The lowest BCUT2D eigenvalue weighted by atomic mass is 10.2. The van der Waals surface area contributed by atoms with Crippen molar-refractivity contribution in [2.45, 2.75) is 32.9 Å². The summed E-state index contributed by atoms with van der Waals surface area (Å²) in [4.78, 5) is 11.1. The highest BCUT2D eigenvalue weighted by molar-refractivity contribution is 5.69. The van der Waals surface area contributed by atoms with Gasteiger partial charge >= 0.3 is 5.97 Å². The van der Waals surface area contributed by atoms with E-state index in [0.717, 1.165) is 12.3 Å². The molecule has 0 bridgehead atoms. The zero-order valence-corrected chi connectivity index (χ0v) is 11.2. The van der Waals surface area contributed by atoms with E-state index in [2.05, 4.69) is 5.32 Å². The average Bonchev–Trinajstić information content (AvgIpc) is 2.39. The third-order valence-electron chi connectivity index (χ3n) is 2.54. The van der Waals surface area contributed by atoms with Gasteiger partial charge in [-0.3, -0.25) is 4.79 Å². The standard InChI is InChI=1S/C14H21NO3/c1-4-14(16)18-11(2)9-15-10-12-5-7-13(17-3)8-6-12/h5-8,11,15H,4,9-10H2,1-3H3. The molecule has 0 aliphatic carbocycles. The van der Waals surface area contributed by atoms with E-state index in [0.29, 0.717) is 13.0 Å². The molecular formula is C14H21NO3. The summed E-state index contributed by atoms with van der Waals surface area (Å²) >= 11 is 0. The van der Waals surface area contributed by atoms with Crippen molar-refractivity contribution in [3.63, 3.8) is 0 Å². The molecule has 0 radical (unpaired) electrons. The Morgan fingerprint density at radius 3 is 2.56 bits per heavy atom. The molecule has 0 amide bonds. The van der Waals surface area contributed by atoms with E-state index >= 15 is 0 Å². The molecule has 4 nitrogen and oxygen atoms in total.